The summed E-state index contributed by atoms with van der Waals surface area (Å²) in [5, 5.41) is 2.83. The van der Waals surface area contributed by atoms with E-state index in [1.54, 1.807) is 14.0 Å². The van der Waals surface area contributed by atoms with Gasteiger partial charge in [-0.1, -0.05) is 11.6 Å². The first-order chi connectivity index (χ1) is 12.3. The van der Waals surface area contributed by atoms with Crippen LogP contribution in [0.1, 0.15) is 6.92 Å². The third kappa shape index (κ3) is 5.55. The topological polar surface area (TPSA) is 94.2 Å². The lowest BCUT2D eigenvalue weighted by atomic mass is 10.3. The molecule has 1 amide bonds. The number of ether oxygens (including phenoxy) is 3. The molecule has 1 N–H and O–H groups in total. The molecule has 10 heteroatoms. The molecule has 0 aromatic heterocycles. The summed E-state index contributed by atoms with van der Waals surface area (Å²) in [4.78, 5) is 11.9. The van der Waals surface area contributed by atoms with Crippen molar-refractivity contribution in [3.05, 3.63) is 23.2 Å². The highest BCUT2D eigenvalue weighted by Gasteiger charge is 2.27. The third-order valence-corrected chi connectivity index (χ3v) is 5.88. The van der Waals surface area contributed by atoms with Crippen molar-refractivity contribution in [2.75, 3.05) is 46.6 Å². The molecule has 26 heavy (non-hydrogen) atoms. The van der Waals surface area contributed by atoms with Gasteiger partial charge in [0.1, 0.15) is 5.75 Å². The van der Waals surface area contributed by atoms with Crippen LogP contribution in [0, 0.1) is 0 Å². The second kappa shape index (κ2) is 9.52. The van der Waals surface area contributed by atoms with Gasteiger partial charge in [-0.3, -0.25) is 4.79 Å². The number of sulfonamides is 1. The zero-order valence-electron chi connectivity index (χ0n) is 14.7. The highest BCUT2D eigenvalue weighted by molar-refractivity contribution is 7.89. The molecule has 0 spiro atoms. The first kappa shape index (κ1) is 20.9. The van der Waals surface area contributed by atoms with Crippen molar-refractivity contribution < 1.29 is 27.4 Å². The van der Waals surface area contributed by atoms with E-state index in [1.807, 2.05) is 0 Å². The van der Waals surface area contributed by atoms with Crippen LogP contribution in [0.3, 0.4) is 0 Å². The molecule has 1 heterocycles. The van der Waals surface area contributed by atoms with Crippen LogP contribution in [0.2, 0.25) is 5.02 Å². The Morgan fingerprint density at radius 2 is 2.08 bits per heavy atom. The largest absolute Gasteiger partial charge is 0.482 e. The fourth-order valence-electron chi connectivity index (χ4n) is 2.45. The monoisotopic (exact) mass is 406 g/mol. The molecule has 0 bridgehead atoms. The standard InChI is InChI=1S/C16H23ClN2O6S/c1-12(10-23-2)18-16(20)11-25-15-4-3-13(9-14(15)17)26(21,22)19-5-7-24-8-6-19/h3-4,9,12H,5-8,10-11H2,1-2H3,(H,18,20)/t12-/m0/s1. The molecule has 1 aliphatic heterocycles. The summed E-state index contributed by atoms with van der Waals surface area (Å²) >= 11 is 6.13. The number of nitrogens with zero attached hydrogens (tertiary/aromatic N) is 1. The van der Waals surface area contributed by atoms with Crippen LogP contribution in [-0.2, 0) is 24.3 Å². The van der Waals surface area contributed by atoms with Gasteiger partial charge in [-0.05, 0) is 25.1 Å². The first-order valence-corrected chi connectivity index (χ1v) is 9.95. The first-order valence-electron chi connectivity index (χ1n) is 8.13. The average Bonchev–Trinajstić information content (AvgIpc) is 2.61. The molecule has 0 saturated carbocycles. The van der Waals surface area contributed by atoms with E-state index in [0.29, 0.717) is 32.9 Å². The maximum atomic E-state index is 12.6. The molecule has 8 nitrogen and oxygen atoms in total. The molecule has 1 aromatic rings. The number of morpholine rings is 1. The van der Waals surface area contributed by atoms with E-state index in [-0.39, 0.29) is 34.2 Å². The van der Waals surface area contributed by atoms with Gasteiger partial charge in [-0.25, -0.2) is 8.42 Å². The Labute approximate surface area is 158 Å². The number of methoxy groups -OCH3 is 1. The zero-order valence-corrected chi connectivity index (χ0v) is 16.3. The van der Waals surface area contributed by atoms with Crippen molar-refractivity contribution in [2.24, 2.45) is 0 Å². The third-order valence-electron chi connectivity index (χ3n) is 3.69. The molecule has 0 aliphatic carbocycles. The van der Waals surface area contributed by atoms with Crippen molar-refractivity contribution in [3.63, 3.8) is 0 Å². The lowest BCUT2D eigenvalue weighted by Gasteiger charge is -2.26. The molecule has 1 atom stereocenters. The highest BCUT2D eigenvalue weighted by atomic mass is 35.5. The van der Waals surface area contributed by atoms with E-state index in [9.17, 15) is 13.2 Å². The van der Waals surface area contributed by atoms with Gasteiger partial charge in [0.2, 0.25) is 10.0 Å². The van der Waals surface area contributed by atoms with Crippen molar-refractivity contribution in [1.29, 1.82) is 0 Å². The average molecular weight is 407 g/mol. The number of carbonyl (C=O) groups is 1. The summed E-state index contributed by atoms with van der Waals surface area (Å²) in [6.07, 6.45) is 0. The smallest absolute Gasteiger partial charge is 0.258 e. The number of nitrogens with one attached hydrogen (secondary N) is 1. The minimum atomic E-state index is -3.63. The Morgan fingerprint density at radius 1 is 1.38 bits per heavy atom. The Bertz CT molecular complexity index is 721. The van der Waals surface area contributed by atoms with Crippen LogP contribution in [0.25, 0.3) is 0 Å². The van der Waals surface area contributed by atoms with Crippen LogP contribution in [0.15, 0.2) is 23.1 Å². The number of carbonyl (C=O) groups excluding carboxylic acids is 1. The minimum Gasteiger partial charge on any atom is -0.482 e. The fourth-order valence-corrected chi connectivity index (χ4v) is 4.18. The second-order valence-corrected chi connectivity index (χ2v) is 8.17. The van der Waals surface area contributed by atoms with E-state index in [1.165, 1.54) is 22.5 Å². The molecule has 2 rings (SSSR count). The predicted molar refractivity (Wildman–Crippen MR) is 96.0 cm³/mol. The SMILES string of the molecule is COC[C@H](C)NC(=O)COc1ccc(S(=O)(=O)N2CCOCC2)cc1Cl. The maximum Gasteiger partial charge on any atom is 0.258 e. The summed E-state index contributed by atoms with van der Waals surface area (Å²) < 4.78 is 42.0. The van der Waals surface area contributed by atoms with Crippen molar-refractivity contribution in [3.8, 4) is 5.75 Å². The number of halogens is 1. The summed E-state index contributed by atoms with van der Waals surface area (Å²) in [7, 11) is -2.09. The van der Waals surface area contributed by atoms with E-state index < -0.39 is 10.0 Å². The highest BCUT2D eigenvalue weighted by Crippen LogP contribution is 2.29. The minimum absolute atomic E-state index is 0.0786. The second-order valence-electron chi connectivity index (χ2n) is 5.82. The van der Waals surface area contributed by atoms with E-state index in [4.69, 9.17) is 25.8 Å². The molecule has 1 aromatic carbocycles. The van der Waals surface area contributed by atoms with Gasteiger partial charge in [0, 0.05) is 26.2 Å². The number of rotatable bonds is 8. The van der Waals surface area contributed by atoms with Gasteiger partial charge < -0.3 is 19.5 Å². The van der Waals surface area contributed by atoms with Crippen molar-refractivity contribution in [2.45, 2.75) is 17.9 Å². The Balaban J connectivity index is 1.99. The number of benzene rings is 1. The molecular formula is C16H23ClN2O6S. The Morgan fingerprint density at radius 3 is 2.69 bits per heavy atom. The van der Waals surface area contributed by atoms with Crippen LogP contribution in [0.4, 0.5) is 0 Å². The lowest BCUT2D eigenvalue weighted by molar-refractivity contribution is -0.124. The quantitative estimate of drug-likeness (QED) is 0.689. The van der Waals surface area contributed by atoms with Crippen LogP contribution < -0.4 is 10.1 Å². The summed E-state index contributed by atoms with van der Waals surface area (Å²) in [6, 6.07) is 4.04. The Kier molecular flexibility index (Phi) is 7.66. The summed E-state index contributed by atoms with van der Waals surface area (Å²) in [6.45, 7) is 3.30. The fraction of sp³-hybridized carbons (Fsp3) is 0.562. The van der Waals surface area contributed by atoms with Gasteiger partial charge in [0.25, 0.3) is 5.91 Å². The molecule has 1 saturated heterocycles. The zero-order chi connectivity index (χ0) is 19.2. The van der Waals surface area contributed by atoms with E-state index in [0.717, 1.165) is 0 Å². The molecule has 1 fully saturated rings. The molecule has 0 radical (unpaired) electrons. The Hall–Kier alpha value is -1.39. The number of hydrogen-bond donors (Lipinski definition) is 1. The van der Waals surface area contributed by atoms with Gasteiger partial charge in [0.15, 0.2) is 6.61 Å². The number of amides is 1. The molecule has 146 valence electrons. The van der Waals surface area contributed by atoms with E-state index >= 15 is 0 Å². The maximum absolute atomic E-state index is 12.6. The summed E-state index contributed by atoms with van der Waals surface area (Å²) in [5.41, 5.74) is 0. The van der Waals surface area contributed by atoms with Crippen molar-refractivity contribution in [1.82, 2.24) is 9.62 Å². The van der Waals surface area contributed by atoms with Gasteiger partial charge in [-0.2, -0.15) is 4.31 Å². The van der Waals surface area contributed by atoms with Crippen LogP contribution >= 0.6 is 11.6 Å². The summed E-state index contributed by atoms with van der Waals surface area (Å²) in [5.74, 6) is -0.0854. The predicted octanol–water partition coefficient (Wildman–Crippen LogP) is 0.891. The van der Waals surface area contributed by atoms with Gasteiger partial charge >= 0.3 is 0 Å². The molecular weight excluding hydrogens is 384 g/mol. The van der Waals surface area contributed by atoms with Crippen molar-refractivity contribution >= 4 is 27.5 Å². The van der Waals surface area contributed by atoms with Crippen LogP contribution in [0.5, 0.6) is 5.75 Å². The number of hydrogen-bond acceptors (Lipinski definition) is 6. The van der Waals surface area contributed by atoms with Gasteiger partial charge in [-0.15, -0.1) is 0 Å². The lowest BCUT2D eigenvalue weighted by Crippen LogP contribution is -2.40. The normalized spacial score (nSPS) is 16.9. The van der Waals surface area contributed by atoms with E-state index in [2.05, 4.69) is 5.32 Å². The molecule has 0 unspecified atom stereocenters. The van der Waals surface area contributed by atoms with Crippen LogP contribution in [-0.4, -0.2) is 71.3 Å². The van der Waals surface area contributed by atoms with Gasteiger partial charge in [0.05, 0.1) is 29.7 Å². The molecule has 1 aliphatic rings.